The number of hydrogen-bond donors (Lipinski definition) is 0. The molecule has 154 valence electrons. The molecule has 0 fully saturated rings. The second kappa shape index (κ2) is 7.28. The third kappa shape index (κ3) is 2.66. The Morgan fingerprint density at radius 3 is 1.53 bits per heavy atom. The summed E-state index contributed by atoms with van der Waals surface area (Å²) < 4.78 is 11.4. The lowest BCUT2D eigenvalue weighted by atomic mass is 9.87. The van der Waals surface area contributed by atoms with Gasteiger partial charge in [-0.25, -0.2) is 0 Å². The zero-order chi connectivity index (χ0) is 21.7. The van der Waals surface area contributed by atoms with Gasteiger partial charge in [0.2, 0.25) is 0 Å². The van der Waals surface area contributed by atoms with Crippen LogP contribution < -0.4 is 9.47 Å². The Morgan fingerprint density at radius 2 is 0.906 bits per heavy atom. The van der Waals surface area contributed by atoms with Crippen LogP contribution in [-0.4, -0.2) is 14.2 Å². The van der Waals surface area contributed by atoms with E-state index in [0.29, 0.717) is 0 Å². The minimum Gasteiger partial charge on any atom is -0.493 e. The maximum absolute atomic E-state index is 5.71. The van der Waals surface area contributed by atoms with E-state index >= 15 is 0 Å². The molecule has 0 spiro atoms. The van der Waals surface area contributed by atoms with Gasteiger partial charge in [0.15, 0.2) is 11.5 Å². The largest absolute Gasteiger partial charge is 0.493 e. The van der Waals surface area contributed by atoms with E-state index in [1.165, 1.54) is 48.8 Å². The van der Waals surface area contributed by atoms with E-state index in [1.54, 1.807) is 14.2 Å². The lowest BCUT2D eigenvalue weighted by Crippen LogP contribution is -1.93. The predicted molar refractivity (Wildman–Crippen MR) is 135 cm³/mol. The van der Waals surface area contributed by atoms with E-state index in [9.17, 15) is 0 Å². The molecule has 6 rings (SSSR count). The van der Waals surface area contributed by atoms with Gasteiger partial charge in [0.1, 0.15) is 0 Å². The second-order valence-corrected chi connectivity index (χ2v) is 8.06. The molecule has 0 bridgehead atoms. The summed E-state index contributed by atoms with van der Waals surface area (Å²) in [5, 5.41) is 9.86. The van der Waals surface area contributed by atoms with Crippen LogP contribution in [0.1, 0.15) is 0 Å². The summed E-state index contributed by atoms with van der Waals surface area (Å²) in [7, 11) is 3.39. The van der Waals surface area contributed by atoms with Gasteiger partial charge in [-0.2, -0.15) is 0 Å². The van der Waals surface area contributed by atoms with Gasteiger partial charge in [-0.1, -0.05) is 78.9 Å². The molecule has 6 aromatic rings. The third-order valence-electron chi connectivity index (χ3n) is 6.43. The lowest BCUT2D eigenvalue weighted by molar-refractivity contribution is 0.356. The van der Waals surface area contributed by atoms with Crippen molar-refractivity contribution in [1.29, 1.82) is 0 Å². The Balaban J connectivity index is 1.94. The highest BCUT2D eigenvalue weighted by atomic mass is 16.5. The standard InChI is InChI=1S/C30H22O2/c1-31-28-17-25-24(19-10-4-3-5-11-19)16-26-22-14-7-6-12-20(22)21-13-8-9-15-23(21)30(26)27(25)18-29(28)32-2/h3-18H,1-2H3. The van der Waals surface area contributed by atoms with Gasteiger partial charge in [-0.3, -0.25) is 0 Å². The number of fused-ring (bicyclic) bond motifs is 8. The Labute approximate surface area is 186 Å². The summed E-state index contributed by atoms with van der Waals surface area (Å²) in [6.07, 6.45) is 0. The zero-order valence-corrected chi connectivity index (χ0v) is 18.1. The molecule has 0 atom stereocenters. The molecule has 0 aliphatic heterocycles. The SMILES string of the molecule is COc1cc2c(-c3ccccc3)cc3c4ccccc4c4ccccc4c3c2cc1OC. The van der Waals surface area contributed by atoms with Crippen molar-refractivity contribution in [2.75, 3.05) is 14.2 Å². The molecular formula is C30H22O2. The molecule has 2 nitrogen and oxygen atoms in total. The quantitative estimate of drug-likeness (QED) is 0.273. The Morgan fingerprint density at radius 1 is 0.438 bits per heavy atom. The number of benzene rings is 6. The van der Waals surface area contributed by atoms with Crippen molar-refractivity contribution in [3.63, 3.8) is 0 Å². The molecule has 0 heterocycles. The summed E-state index contributed by atoms with van der Waals surface area (Å²) in [5.41, 5.74) is 2.37. The molecule has 6 aromatic carbocycles. The maximum Gasteiger partial charge on any atom is 0.161 e. The fraction of sp³-hybridized carbons (Fsp3) is 0.0667. The number of ether oxygens (including phenoxy) is 2. The van der Waals surface area contributed by atoms with Crippen LogP contribution in [0.3, 0.4) is 0 Å². The highest BCUT2D eigenvalue weighted by Gasteiger charge is 2.17. The van der Waals surface area contributed by atoms with Crippen molar-refractivity contribution < 1.29 is 9.47 Å². The molecule has 0 aliphatic rings. The fourth-order valence-electron chi connectivity index (χ4n) is 5.00. The topological polar surface area (TPSA) is 18.5 Å². The van der Waals surface area contributed by atoms with Crippen LogP contribution in [0.15, 0.2) is 97.1 Å². The first-order valence-corrected chi connectivity index (χ1v) is 10.8. The van der Waals surface area contributed by atoms with Crippen LogP contribution in [0.2, 0.25) is 0 Å². The van der Waals surface area contributed by atoms with E-state index in [2.05, 4.69) is 97.1 Å². The van der Waals surface area contributed by atoms with Crippen molar-refractivity contribution in [2.45, 2.75) is 0 Å². The van der Waals surface area contributed by atoms with Crippen LogP contribution >= 0.6 is 0 Å². The second-order valence-electron chi connectivity index (χ2n) is 8.06. The molecule has 32 heavy (non-hydrogen) atoms. The van der Waals surface area contributed by atoms with Crippen LogP contribution in [0.4, 0.5) is 0 Å². The monoisotopic (exact) mass is 414 g/mol. The van der Waals surface area contributed by atoms with E-state index in [-0.39, 0.29) is 0 Å². The van der Waals surface area contributed by atoms with Crippen LogP contribution in [0, 0.1) is 0 Å². The molecule has 0 unspecified atom stereocenters. The normalized spacial score (nSPS) is 11.4. The smallest absolute Gasteiger partial charge is 0.161 e. The van der Waals surface area contributed by atoms with Crippen LogP contribution in [0.5, 0.6) is 11.5 Å². The van der Waals surface area contributed by atoms with Crippen LogP contribution in [0.25, 0.3) is 54.2 Å². The summed E-state index contributed by atoms with van der Waals surface area (Å²) >= 11 is 0. The third-order valence-corrected chi connectivity index (χ3v) is 6.43. The Bertz CT molecular complexity index is 1630. The summed E-state index contributed by atoms with van der Waals surface area (Å²) in [6, 6.07) is 34.5. The van der Waals surface area contributed by atoms with Gasteiger partial charge in [-0.15, -0.1) is 0 Å². The van der Waals surface area contributed by atoms with Gasteiger partial charge >= 0.3 is 0 Å². The molecular weight excluding hydrogens is 392 g/mol. The first kappa shape index (κ1) is 18.7. The molecule has 0 saturated carbocycles. The Hall–Kier alpha value is -4.04. The van der Waals surface area contributed by atoms with Crippen molar-refractivity contribution in [3.05, 3.63) is 97.1 Å². The number of rotatable bonds is 3. The molecule has 2 heteroatoms. The molecule has 0 N–H and O–H groups in total. The minimum atomic E-state index is 0.738. The van der Waals surface area contributed by atoms with E-state index < -0.39 is 0 Å². The van der Waals surface area contributed by atoms with E-state index in [1.807, 2.05) is 0 Å². The number of hydrogen-bond acceptors (Lipinski definition) is 2. The van der Waals surface area contributed by atoms with Gasteiger partial charge in [0.05, 0.1) is 14.2 Å². The average molecular weight is 415 g/mol. The van der Waals surface area contributed by atoms with Crippen molar-refractivity contribution in [1.82, 2.24) is 0 Å². The van der Waals surface area contributed by atoms with E-state index in [0.717, 1.165) is 16.9 Å². The summed E-state index contributed by atoms with van der Waals surface area (Å²) in [5.74, 6) is 1.48. The Kier molecular flexibility index (Phi) is 4.26. The van der Waals surface area contributed by atoms with E-state index in [4.69, 9.17) is 9.47 Å². The molecule has 0 radical (unpaired) electrons. The fourth-order valence-corrected chi connectivity index (χ4v) is 5.00. The van der Waals surface area contributed by atoms with Crippen molar-refractivity contribution in [2.24, 2.45) is 0 Å². The number of methoxy groups -OCH3 is 2. The van der Waals surface area contributed by atoms with Crippen molar-refractivity contribution in [3.8, 4) is 22.6 Å². The summed E-state index contributed by atoms with van der Waals surface area (Å²) in [4.78, 5) is 0. The van der Waals surface area contributed by atoms with Crippen LogP contribution in [-0.2, 0) is 0 Å². The molecule has 0 aromatic heterocycles. The molecule has 0 amide bonds. The molecule has 0 aliphatic carbocycles. The zero-order valence-electron chi connectivity index (χ0n) is 18.1. The minimum absolute atomic E-state index is 0.738. The van der Waals surface area contributed by atoms with Gasteiger partial charge in [0.25, 0.3) is 0 Å². The first-order valence-electron chi connectivity index (χ1n) is 10.8. The predicted octanol–water partition coefficient (Wildman–Crippen LogP) is 7.98. The van der Waals surface area contributed by atoms with Gasteiger partial charge in [0, 0.05) is 0 Å². The summed E-state index contributed by atoms with van der Waals surface area (Å²) in [6.45, 7) is 0. The van der Waals surface area contributed by atoms with Crippen molar-refractivity contribution >= 4 is 43.1 Å². The van der Waals surface area contributed by atoms with Gasteiger partial charge < -0.3 is 9.47 Å². The average Bonchev–Trinajstić information content (AvgIpc) is 2.87. The van der Waals surface area contributed by atoms with Gasteiger partial charge in [-0.05, 0) is 72.4 Å². The highest BCUT2D eigenvalue weighted by molar-refractivity contribution is 6.33. The highest BCUT2D eigenvalue weighted by Crippen LogP contribution is 2.45. The lowest BCUT2D eigenvalue weighted by Gasteiger charge is -2.18. The maximum atomic E-state index is 5.71. The molecule has 0 saturated heterocycles. The first-order chi connectivity index (χ1) is 15.8.